The molecule has 9 nitrogen and oxygen atoms in total. The molecule has 9 heteroatoms. The number of carbonyl (C=O) groups excluding carboxylic acids is 1. The van der Waals surface area contributed by atoms with Gasteiger partial charge in [0, 0.05) is 42.9 Å². The number of nitrogens with one attached hydrogen (secondary N) is 1. The van der Waals surface area contributed by atoms with Crippen molar-refractivity contribution in [3.05, 3.63) is 68.8 Å². The molecule has 0 aliphatic heterocycles. The summed E-state index contributed by atoms with van der Waals surface area (Å²) in [5.41, 5.74) is 5.55. The van der Waals surface area contributed by atoms with Gasteiger partial charge in [-0.3, -0.25) is 14.6 Å². The first-order chi connectivity index (χ1) is 12.5. The average Bonchev–Trinajstić information content (AvgIpc) is 3.04. The Balaban J connectivity index is 1.83. The molecule has 3 aromatic rings. The monoisotopic (exact) mass is 354 g/mol. The summed E-state index contributed by atoms with van der Waals surface area (Å²) in [7, 11) is 0. The predicted molar refractivity (Wildman–Crippen MR) is 94.7 cm³/mol. The first kappa shape index (κ1) is 17.3. The van der Waals surface area contributed by atoms with Crippen LogP contribution < -0.4 is 17.0 Å². The van der Waals surface area contributed by atoms with Gasteiger partial charge in [0.1, 0.15) is 5.82 Å². The van der Waals surface area contributed by atoms with Crippen LogP contribution in [0.4, 0.5) is 0 Å². The minimum atomic E-state index is -0.490. The highest BCUT2D eigenvalue weighted by Crippen LogP contribution is 2.17. The molecule has 0 spiro atoms. The van der Waals surface area contributed by atoms with Crippen LogP contribution in [0, 0.1) is 0 Å². The first-order valence-electron chi connectivity index (χ1n) is 8.11. The van der Waals surface area contributed by atoms with E-state index in [4.69, 9.17) is 5.73 Å². The largest absolute Gasteiger partial charge is 0.366 e. The van der Waals surface area contributed by atoms with E-state index in [2.05, 4.69) is 15.1 Å². The third-order valence-corrected chi connectivity index (χ3v) is 3.95. The van der Waals surface area contributed by atoms with E-state index in [-0.39, 0.29) is 0 Å². The molecule has 3 rings (SSSR count). The van der Waals surface area contributed by atoms with Crippen LogP contribution >= 0.6 is 0 Å². The molecule has 0 radical (unpaired) electrons. The maximum Gasteiger partial charge on any atom is 0.328 e. The molecule has 2 aromatic heterocycles. The lowest BCUT2D eigenvalue weighted by atomic mass is 10.1. The van der Waals surface area contributed by atoms with Gasteiger partial charge in [-0.1, -0.05) is 12.1 Å². The van der Waals surface area contributed by atoms with Gasteiger partial charge in [0.15, 0.2) is 5.82 Å². The van der Waals surface area contributed by atoms with Gasteiger partial charge in [-0.2, -0.15) is 5.10 Å². The minimum Gasteiger partial charge on any atom is -0.366 e. The Morgan fingerprint density at radius 1 is 1.19 bits per heavy atom. The Morgan fingerprint density at radius 3 is 2.54 bits per heavy atom. The second kappa shape index (κ2) is 7.18. The number of carbonyl (C=O) groups is 1. The fourth-order valence-corrected chi connectivity index (χ4v) is 2.56. The third-order valence-electron chi connectivity index (χ3n) is 3.95. The van der Waals surface area contributed by atoms with E-state index in [9.17, 15) is 14.4 Å². The van der Waals surface area contributed by atoms with Crippen molar-refractivity contribution in [2.75, 3.05) is 0 Å². The lowest BCUT2D eigenvalue weighted by Gasteiger charge is -2.04. The van der Waals surface area contributed by atoms with Crippen molar-refractivity contribution in [3.63, 3.8) is 0 Å². The summed E-state index contributed by atoms with van der Waals surface area (Å²) in [5.74, 6) is 0.766. The molecule has 0 aliphatic rings. The van der Waals surface area contributed by atoms with Crippen molar-refractivity contribution >= 4 is 5.91 Å². The number of hydrogen-bond donors (Lipinski definition) is 2. The number of primary amides is 1. The number of benzene rings is 1. The topological polar surface area (TPSA) is 129 Å². The number of rotatable bonds is 6. The fraction of sp³-hybridized carbons (Fsp3) is 0.235. The van der Waals surface area contributed by atoms with Crippen LogP contribution in [-0.4, -0.2) is 30.2 Å². The Labute approximate surface area is 148 Å². The molecule has 0 aliphatic carbocycles. The van der Waals surface area contributed by atoms with Gasteiger partial charge in [0.2, 0.25) is 5.91 Å². The Hall–Kier alpha value is -3.49. The molecule has 0 saturated heterocycles. The van der Waals surface area contributed by atoms with Crippen LogP contribution in [0.1, 0.15) is 23.1 Å². The Kier molecular flexibility index (Phi) is 4.78. The van der Waals surface area contributed by atoms with Crippen LogP contribution in [0.5, 0.6) is 0 Å². The van der Waals surface area contributed by atoms with Crippen molar-refractivity contribution in [3.8, 4) is 11.4 Å². The summed E-state index contributed by atoms with van der Waals surface area (Å²) in [4.78, 5) is 40.8. The second-order valence-electron chi connectivity index (χ2n) is 5.66. The van der Waals surface area contributed by atoms with Gasteiger partial charge in [0.05, 0.1) is 0 Å². The SMILES string of the molecule is CCn1nc(-c2ccc(C(N)=O)cc2)nc1CCn1ccc(=O)[nH]c1=O. The van der Waals surface area contributed by atoms with Crippen LogP contribution in [0.15, 0.2) is 46.1 Å². The third kappa shape index (κ3) is 3.61. The second-order valence-corrected chi connectivity index (χ2v) is 5.66. The normalized spacial score (nSPS) is 10.8. The van der Waals surface area contributed by atoms with Gasteiger partial charge in [-0.15, -0.1) is 0 Å². The molecule has 2 heterocycles. The molecule has 134 valence electrons. The van der Waals surface area contributed by atoms with Crippen LogP contribution in [-0.2, 0) is 19.5 Å². The highest BCUT2D eigenvalue weighted by atomic mass is 16.2. The minimum absolute atomic E-state index is 0.369. The maximum atomic E-state index is 11.8. The van der Waals surface area contributed by atoms with Crippen molar-refractivity contribution < 1.29 is 4.79 Å². The van der Waals surface area contributed by atoms with E-state index in [1.807, 2.05) is 6.92 Å². The number of aryl methyl sites for hydroxylation is 3. The smallest absolute Gasteiger partial charge is 0.328 e. The Bertz CT molecular complexity index is 1050. The molecular formula is C17H18N6O3. The summed E-state index contributed by atoms with van der Waals surface area (Å²) in [5, 5.41) is 4.47. The van der Waals surface area contributed by atoms with Gasteiger partial charge >= 0.3 is 5.69 Å². The van der Waals surface area contributed by atoms with Gasteiger partial charge in [-0.05, 0) is 19.1 Å². The van der Waals surface area contributed by atoms with Crippen molar-refractivity contribution in [1.29, 1.82) is 0 Å². The average molecular weight is 354 g/mol. The quantitative estimate of drug-likeness (QED) is 0.651. The number of H-pyrrole nitrogens is 1. The molecule has 0 atom stereocenters. The van der Waals surface area contributed by atoms with E-state index >= 15 is 0 Å². The highest BCUT2D eigenvalue weighted by Gasteiger charge is 2.12. The molecule has 1 amide bonds. The van der Waals surface area contributed by atoms with Crippen molar-refractivity contribution in [2.45, 2.75) is 26.4 Å². The molecule has 0 saturated carbocycles. The molecule has 0 fully saturated rings. The zero-order valence-electron chi connectivity index (χ0n) is 14.2. The number of nitrogens with two attached hydrogens (primary N) is 1. The summed E-state index contributed by atoms with van der Waals surface area (Å²) >= 11 is 0. The molecule has 1 aromatic carbocycles. The fourth-order valence-electron chi connectivity index (χ4n) is 2.56. The van der Waals surface area contributed by atoms with E-state index in [0.717, 1.165) is 11.4 Å². The lowest BCUT2D eigenvalue weighted by Crippen LogP contribution is -2.29. The summed E-state index contributed by atoms with van der Waals surface area (Å²) < 4.78 is 3.17. The van der Waals surface area contributed by atoms with Gasteiger partial charge in [-0.25, -0.2) is 14.5 Å². The van der Waals surface area contributed by atoms with Crippen molar-refractivity contribution in [1.82, 2.24) is 24.3 Å². The summed E-state index contributed by atoms with van der Waals surface area (Å²) in [6.07, 6.45) is 1.93. The lowest BCUT2D eigenvalue weighted by molar-refractivity contribution is 0.100. The van der Waals surface area contributed by atoms with E-state index in [1.54, 1.807) is 28.9 Å². The standard InChI is InChI=1S/C17H18N6O3/c1-2-23-13(7-9-22-10-8-14(24)20-17(22)26)19-16(21-23)12-5-3-11(4-6-12)15(18)25/h3-6,8,10H,2,7,9H2,1H3,(H2,18,25)(H,20,24,26). The molecular weight excluding hydrogens is 336 g/mol. The predicted octanol–water partition coefficient (Wildman–Crippen LogP) is 0.157. The first-order valence-corrected chi connectivity index (χ1v) is 8.11. The number of amides is 1. The maximum absolute atomic E-state index is 11.8. The molecule has 0 bridgehead atoms. The number of aromatic nitrogens is 5. The van der Waals surface area contributed by atoms with Gasteiger partial charge < -0.3 is 10.3 Å². The zero-order chi connectivity index (χ0) is 18.7. The van der Waals surface area contributed by atoms with Crippen LogP contribution in [0.3, 0.4) is 0 Å². The number of hydrogen-bond acceptors (Lipinski definition) is 5. The molecule has 0 unspecified atom stereocenters. The Morgan fingerprint density at radius 2 is 1.92 bits per heavy atom. The van der Waals surface area contributed by atoms with E-state index in [1.165, 1.54) is 16.8 Å². The molecule has 26 heavy (non-hydrogen) atoms. The number of nitrogens with zero attached hydrogens (tertiary/aromatic N) is 4. The van der Waals surface area contributed by atoms with E-state index in [0.29, 0.717) is 30.9 Å². The zero-order valence-corrected chi connectivity index (χ0v) is 14.2. The van der Waals surface area contributed by atoms with Crippen LogP contribution in [0.2, 0.25) is 0 Å². The van der Waals surface area contributed by atoms with Gasteiger partial charge in [0.25, 0.3) is 5.56 Å². The number of aromatic amines is 1. The van der Waals surface area contributed by atoms with Crippen LogP contribution in [0.25, 0.3) is 11.4 Å². The van der Waals surface area contributed by atoms with Crippen molar-refractivity contribution in [2.24, 2.45) is 5.73 Å². The molecule has 3 N–H and O–H groups in total. The summed E-state index contributed by atoms with van der Waals surface area (Å²) in [6.45, 7) is 2.95. The highest BCUT2D eigenvalue weighted by molar-refractivity contribution is 5.93. The van der Waals surface area contributed by atoms with E-state index < -0.39 is 17.2 Å². The summed E-state index contributed by atoms with van der Waals surface area (Å²) in [6, 6.07) is 8.04.